The second-order valence-corrected chi connectivity index (χ2v) is 6.58. The Morgan fingerprint density at radius 2 is 1.77 bits per heavy atom. The highest BCUT2D eigenvalue weighted by atomic mass is 19.4. The molecule has 1 saturated heterocycles. The molecule has 1 atom stereocenters. The molecule has 6 heteroatoms. The zero-order chi connectivity index (χ0) is 16.0. The summed E-state index contributed by atoms with van der Waals surface area (Å²) in [7, 11) is 0. The Hall–Kier alpha value is -0.780. The maximum absolute atomic E-state index is 12.1. The molecule has 1 aliphatic carbocycles. The second kappa shape index (κ2) is 8.18. The standard InChI is InChI=1S/C16H27F3N2O/c17-16(18,19)10-8-15(22)20-11-9-14-7-3-4-12-21(14)13-5-1-2-6-13/h13-14H,1-12H2,(H,20,22)/t14-/m1/s1. The minimum absolute atomic E-state index is 0.458. The van der Waals surface area contributed by atoms with Gasteiger partial charge in [0.25, 0.3) is 0 Å². The summed E-state index contributed by atoms with van der Waals surface area (Å²) in [5.41, 5.74) is 0. The number of halogens is 3. The number of nitrogens with zero attached hydrogens (tertiary/aromatic N) is 1. The molecule has 1 saturated carbocycles. The van der Waals surface area contributed by atoms with Gasteiger partial charge in [-0.3, -0.25) is 9.69 Å². The van der Waals surface area contributed by atoms with Gasteiger partial charge in [-0.1, -0.05) is 19.3 Å². The summed E-state index contributed by atoms with van der Waals surface area (Å²) in [4.78, 5) is 14.0. The first kappa shape index (κ1) is 17.6. The fourth-order valence-electron chi connectivity index (χ4n) is 3.77. The number of hydrogen-bond acceptors (Lipinski definition) is 2. The van der Waals surface area contributed by atoms with Gasteiger partial charge in [0.2, 0.25) is 5.91 Å². The van der Waals surface area contributed by atoms with Crippen LogP contribution in [0.2, 0.25) is 0 Å². The fourth-order valence-corrected chi connectivity index (χ4v) is 3.77. The minimum atomic E-state index is -4.25. The smallest absolute Gasteiger partial charge is 0.356 e. The van der Waals surface area contributed by atoms with E-state index in [0.717, 1.165) is 19.4 Å². The summed E-state index contributed by atoms with van der Waals surface area (Å²) < 4.78 is 36.2. The predicted octanol–water partition coefficient (Wildman–Crippen LogP) is 3.63. The molecule has 128 valence electrons. The van der Waals surface area contributed by atoms with Gasteiger partial charge in [0.15, 0.2) is 0 Å². The molecule has 0 aromatic carbocycles. The molecule has 0 bridgehead atoms. The summed E-state index contributed by atoms with van der Waals surface area (Å²) in [6.07, 6.45) is 3.88. The van der Waals surface area contributed by atoms with E-state index in [1.807, 2.05) is 0 Å². The van der Waals surface area contributed by atoms with E-state index in [4.69, 9.17) is 0 Å². The van der Waals surface area contributed by atoms with Crippen LogP contribution in [0.25, 0.3) is 0 Å². The predicted molar refractivity (Wildman–Crippen MR) is 79.5 cm³/mol. The van der Waals surface area contributed by atoms with Gasteiger partial charge >= 0.3 is 6.18 Å². The lowest BCUT2D eigenvalue weighted by Crippen LogP contribution is -2.46. The van der Waals surface area contributed by atoms with Crippen LogP contribution < -0.4 is 5.32 Å². The average Bonchev–Trinajstić information content (AvgIpc) is 2.99. The number of alkyl halides is 3. The highest BCUT2D eigenvalue weighted by molar-refractivity contribution is 5.75. The molecule has 1 N–H and O–H groups in total. The molecule has 1 heterocycles. The first-order valence-corrected chi connectivity index (χ1v) is 8.55. The minimum Gasteiger partial charge on any atom is -0.356 e. The lowest BCUT2D eigenvalue weighted by atomic mass is 9.96. The van der Waals surface area contributed by atoms with Crippen molar-refractivity contribution in [3.63, 3.8) is 0 Å². The Labute approximate surface area is 130 Å². The molecule has 22 heavy (non-hydrogen) atoms. The van der Waals surface area contributed by atoms with Gasteiger partial charge in [0, 0.05) is 25.0 Å². The van der Waals surface area contributed by atoms with Crippen molar-refractivity contribution in [2.24, 2.45) is 0 Å². The van der Waals surface area contributed by atoms with Crippen LogP contribution >= 0.6 is 0 Å². The zero-order valence-electron chi connectivity index (χ0n) is 13.1. The Morgan fingerprint density at radius 1 is 1.09 bits per heavy atom. The van der Waals surface area contributed by atoms with Crippen molar-refractivity contribution >= 4 is 5.91 Å². The maximum Gasteiger partial charge on any atom is 0.389 e. The van der Waals surface area contributed by atoms with Crippen molar-refractivity contribution < 1.29 is 18.0 Å². The third kappa shape index (κ3) is 5.78. The Bertz CT molecular complexity index is 354. The number of hydrogen-bond donors (Lipinski definition) is 1. The number of piperidine rings is 1. The zero-order valence-corrected chi connectivity index (χ0v) is 13.1. The normalized spacial score (nSPS) is 24.6. The van der Waals surface area contributed by atoms with E-state index < -0.39 is 24.9 Å². The number of likely N-dealkylation sites (tertiary alicyclic amines) is 1. The van der Waals surface area contributed by atoms with Crippen LogP contribution in [-0.4, -0.2) is 42.2 Å². The van der Waals surface area contributed by atoms with Crippen molar-refractivity contribution in [2.75, 3.05) is 13.1 Å². The topological polar surface area (TPSA) is 32.3 Å². The van der Waals surface area contributed by atoms with Crippen LogP contribution in [0.1, 0.15) is 64.2 Å². The Balaban J connectivity index is 1.69. The van der Waals surface area contributed by atoms with E-state index >= 15 is 0 Å². The van der Waals surface area contributed by atoms with E-state index in [2.05, 4.69) is 10.2 Å². The number of nitrogens with one attached hydrogen (secondary N) is 1. The Kier molecular flexibility index (Phi) is 6.53. The molecule has 0 radical (unpaired) electrons. The molecule has 0 aromatic rings. The average molecular weight is 320 g/mol. The Morgan fingerprint density at radius 3 is 2.45 bits per heavy atom. The molecular weight excluding hydrogens is 293 g/mol. The van der Waals surface area contributed by atoms with Crippen LogP contribution in [0.15, 0.2) is 0 Å². The van der Waals surface area contributed by atoms with Crippen molar-refractivity contribution in [2.45, 2.75) is 82.5 Å². The molecule has 0 unspecified atom stereocenters. The van der Waals surface area contributed by atoms with E-state index in [1.54, 1.807) is 0 Å². The summed E-state index contributed by atoms with van der Waals surface area (Å²) in [5.74, 6) is -0.486. The fraction of sp³-hybridized carbons (Fsp3) is 0.938. The molecular formula is C16H27F3N2O. The van der Waals surface area contributed by atoms with Crippen molar-refractivity contribution in [1.29, 1.82) is 0 Å². The summed E-state index contributed by atoms with van der Waals surface area (Å²) >= 11 is 0. The van der Waals surface area contributed by atoms with Gasteiger partial charge in [-0.05, 0) is 38.6 Å². The van der Waals surface area contributed by atoms with E-state index in [1.165, 1.54) is 38.5 Å². The maximum atomic E-state index is 12.1. The highest BCUT2D eigenvalue weighted by Crippen LogP contribution is 2.30. The molecule has 1 amide bonds. The third-order valence-corrected chi connectivity index (χ3v) is 4.90. The first-order valence-electron chi connectivity index (χ1n) is 8.55. The van der Waals surface area contributed by atoms with E-state index in [9.17, 15) is 18.0 Å². The van der Waals surface area contributed by atoms with Gasteiger partial charge in [-0.25, -0.2) is 0 Å². The van der Waals surface area contributed by atoms with Gasteiger partial charge in [-0.15, -0.1) is 0 Å². The van der Waals surface area contributed by atoms with E-state index in [-0.39, 0.29) is 0 Å². The lowest BCUT2D eigenvalue weighted by molar-refractivity contribution is -0.144. The van der Waals surface area contributed by atoms with E-state index in [0.29, 0.717) is 18.6 Å². The SMILES string of the molecule is O=C(CCC(F)(F)F)NCC[C@H]1CCCCN1C1CCCC1. The number of rotatable bonds is 6. The third-order valence-electron chi connectivity index (χ3n) is 4.90. The van der Waals surface area contributed by atoms with Crippen LogP contribution in [0, 0.1) is 0 Å². The van der Waals surface area contributed by atoms with Crippen LogP contribution in [0.4, 0.5) is 13.2 Å². The molecule has 3 nitrogen and oxygen atoms in total. The van der Waals surface area contributed by atoms with Crippen LogP contribution in [-0.2, 0) is 4.79 Å². The highest BCUT2D eigenvalue weighted by Gasteiger charge is 2.30. The molecule has 0 aromatic heterocycles. The van der Waals surface area contributed by atoms with Gasteiger partial charge < -0.3 is 5.32 Å². The molecule has 2 fully saturated rings. The number of carbonyl (C=O) groups excluding carboxylic acids is 1. The van der Waals surface area contributed by atoms with Gasteiger partial charge in [0.1, 0.15) is 0 Å². The second-order valence-electron chi connectivity index (χ2n) is 6.58. The van der Waals surface area contributed by atoms with Gasteiger partial charge in [-0.2, -0.15) is 13.2 Å². The van der Waals surface area contributed by atoms with Crippen LogP contribution in [0.5, 0.6) is 0 Å². The molecule has 0 spiro atoms. The monoisotopic (exact) mass is 320 g/mol. The molecule has 2 rings (SSSR count). The van der Waals surface area contributed by atoms with Crippen molar-refractivity contribution in [3.05, 3.63) is 0 Å². The number of amides is 1. The largest absolute Gasteiger partial charge is 0.389 e. The van der Waals surface area contributed by atoms with Gasteiger partial charge in [0.05, 0.1) is 6.42 Å². The summed E-state index contributed by atoms with van der Waals surface area (Å²) in [5, 5.41) is 2.65. The lowest BCUT2D eigenvalue weighted by Gasteiger charge is -2.40. The molecule has 2 aliphatic rings. The number of carbonyl (C=O) groups is 1. The van der Waals surface area contributed by atoms with Crippen LogP contribution in [0.3, 0.4) is 0 Å². The van der Waals surface area contributed by atoms with Crippen molar-refractivity contribution in [1.82, 2.24) is 10.2 Å². The summed E-state index contributed by atoms with van der Waals surface area (Å²) in [6.45, 7) is 1.63. The summed E-state index contributed by atoms with van der Waals surface area (Å²) in [6, 6.07) is 1.17. The first-order chi connectivity index (χ1) is 10.5. The molecule has 1 aliphatic heterocycles. The van der Waals surface area contributed by atoms with Crippen molar-refractivity contribution in [3.8, 4) is 0 Å². The quantitative estimate of drug-likeness (QED) is 0.810.